The van der Waals surface area contributed by atoms with Gasteiger partial charge in [-0.25, -0.2) is 8.42 Å². The predicted molar refractivity (Wildman–Crippen MR) is 83.3 cm³/mol. The van der Waals surface area contributed by atoms with Gasteiger partial charge in [0.15, 0.2) is 6.61 Å². The molecule has 1 heterocycles. The number of benzene rings is 1. The number of sulfonamides is 1. The van der Waals surface area contributed by atoms with Crippen molar-refractivity contribution in [3.05, 3.63) is 23.2 Å². The summed E-state index contributed by atoms with van der Waals surface area (Å²) in [7, 11) is -3.58. The number of carbonyl (C=O) groups excluding carboxylic acids is 1. The predicted octanol–water partition coefficient (Wildman–Crippen LogP) is 1.77. The SMILES string of the molecule is CC1CCCCN1S(=O)(=O)c1ccc(OCC(N)=O)c(Cl)c1. The van der Waals surface area contributed by atoms with E-state index in [1.165, 1.54) is 22.5 Å². The molecule has 1 aliphatic heterocycles. The van der Waals surface area contributed by atoms with Gasteiger partial charge >= 0.3 is 0 Å². The van der Waals surface area contributed by atoms with Crippen molar-refractivity contribution in [2.45, 2.75) is 37.1 Å². The van der Waals surface area contributed by atoms with Crippen molar-refractivity contribution in [3.63, 3.8) is 0 Å². The molecular weight excluding hydrogens is 328 g/mol. The van der Waals surface area contributed by atoms with Crippen molar-refractivity contribution in [2.75, 3.05) is 13.2 Å². The average Bonchev–Trinajstić information content (AvgIpc) is 2.46. The second-order valence-electron chi connectivity index (χ2n) is 5.31. The Kier molecular flexibility index (Phi) is 5.31. The van der Waals surface area contributed by atoms with Gasteiger partial charge in [-0.15, -0.1) is 0 Å². The Morgan fingerprint density at radius 2 is 2.18 bits per heavy atom. The monoisotopic (exact) mass is 346 g/mol. The van der Waals surface area contributed by atoms with Gasteiger partial charge in [0.05, 0.1) is 9.92 Å². The summed E-state index contributed by atoms with van der Waals surface area (Å²) in [4.78, 5) is 10.8. The standard InChI is InChI=1S/C14H19ClN2O4S/c1-10-4-2-3-7-17(10)22(19,20)11-5-6-13(12(15)8-11)21-9-14(16)18/h5-6,8,10H,2-4,7,9H2,1H3,(H2,16,18). The van der Waals surface area contributed by atoms with Crippen LogP contribution in [-0.2, 0) is 14.8 Å². The van der Waals surface area contributed by atoms with Crippen LogP contribution in [-0.4, -0.2) is 37.8 Å². The Morgan fingerprint density at radius 3 is 2.77 bits per heavy atom. The maximum Gasteiger partial charge on any atom is 0.255 e. The van der Waals surface area contributed by atoms with Crippen molar-refractivity contribution in [1.82, 2.24) is 4.31 Å². The molecular formula is C14H19ClN2O4S. The quantitative estimate of drug-likeness (QED) is 0.879. The van der Waals surface area contributed by atoms with E-state index in [-0.39, 0.29) is 28.3 Å². The maximum absolute atomic E-state index is 12.7. The van der Waals surface area contributed by atoms with E-state index in [4.69, 9.17) is 22.1 Å². The zero-order valence-electron chi connectivity index (χ0n) is 12.3. The van der Waals surface area contributed by atoms with E-state index in [1.807, 2.05) is 6.92 Å². The highest BCUT2D eigenvalue weighted by molar-refractivity contribution is 7.89. The van der Waals surface area contributed by atoms with E-state index in [9.17, 15) is 13.2 Å². The van der Waals surface area contributed by atoms with E-state index in [0.29, 0.717) is 6.54 Å². The fourth-order valence-electron chi connectivity index (χ4n) is 2.47. The summed E-state index contributed by atoms with van der Waals surface area (Å²) in [6.45, 7) is 2.11. The number of ether oxygens (including phenoxy) is 1. The highest BCUT2D eigenvalue weighted by Gasteiger charge is 2.31. The molecule has 1 fully saturated rings. The minimum atomic E-state index is -3.58. The zero-order chi connectivity index (χ0) is 16.3. The Balaban J connectivity index is 2.24. The summed E-state index contributed by atoms with van der Waals surface area (Å²) in [6, 6.07) is 4.18. The second kappa shape index (κ2) is 6.85. The lowest BCUT2D eigenvalue weighted by Crippen LogP contribution is -2.41. The highest BCUT2D eigenvalue weighted by Crippen LogP contribution is 2.31. The van der Waals surface area contributed by atoms with Crippen LogP contribution in [0.2, 0.25) is 5.02 Å². The molecule has 0 aliphatic carbocycles. The first-order chi connectivity index (χ1) is 10.3. The van der Waals surface area contributed by atoms with Crippen LogP contribution in [0.15, 0.2) is 23.1 Å². The fraction of sp³-hybridized carbons (Fsp3) is 0.500. The van der Waals surface area contributed by atoms with Gasteiger partial charge < -0.3 is 10.5 Å². The number of piperidine rings is 1. The van der Waals surface area contributed by atoms with Crippen LogP contribution in [0.1, 0.15) is 26.2 Å². The third-order valence-electron chi connectivity index (χ3n) is 3.62. The van der Waals surface area contributed by atoms with Crippen molar-refractivity contribution in [2.24, 2.45) is 5.73 Å². The lowest BCUT2D eigenvalue weighted by atomic mass is 10.1. The Hall–Kier alpha value is -1.31. The molecule has 8 heteroatoms. The maximum atomic E-state index is 12.7. The number of primary amides is 1. The molecule has 1 aromatic carbocycles. The van der Waals surface area contributed by atoms with Gasteiger partial charge in [0.25, 0.3) is 5.91 Å². The fourth-order valence-corrected chi connectivity index (χ4v) is 4.50. The summed E-state index contributed by atoms with van der Waals surface area (Å²) < 4.78 is 32.0. The smallest absolute Gasteiger partial charge is 0.255 e. The number of nitrogens with two attached hydrogens (primary N) is 1. The van der Waals surface area contributed by atoms with Crippen LogP contribution in [0.25, 0.3) is 0 Å². The summed E-state index contributed by atoms with van der Waals surface area (Å²) in [5.41, 5.74) is 4.99. The van der Waals surface area contributed by atoms with Crippen molar-refractivity contribution in [3.8, 4) is 5.75 Å². The first kappa shape index (κ1) is 17.1. The highest BCUT2D eigenvalue weighted by atomic mass is 35.5. The molecule has 1 saturated heterocycles. The number of nitrogens with zero attached hydrogens (tertiary/aromatic N) is 1. The van der Waals surface area contributed by atoms with Crippen LogP contribution in [0.3, 0.4) is 0 Å². The minimum Gasteiger partial charge on any atom is -0.482 e. The third-order valence-corrected chi connectivity index (χ3v) is 5.93. The lowest BCUT2D eigenvalue weighted by Gasteiger charge is -2.32. The molecule has 1 aliphatic rings. The molecule has 6 nitrogen and oxygen atoms in total. The van der Waals surface area contributed by atoms with Crippen LogP contribution in [0, 0.1) is 0 Å². The van der Waals surface area contributed by atoms with E-state index >= 15 is 0 Å². The number of hydrogen-bond donors (Lipinski definition) is 1. The van der Waals surface area contributed by atoms with Crippen molar-refractivity contribution < 1.29 is 17.9 Å². The normalized spacial score (nSPS) is 19.8. The molecule has 22 heavy (non-hydrogen) atoms. The molecule has 1 aromatic rings. The lowest BCUT2D eigenvalue weighted by molar-refractivity contribution is -0.119. The first-order valence-corrected chi connectivity index (χ1v) is 8.86. The summed E-state index contributed by atoms with van der Waals surface area (Å²) in [6.07, 6.45) is 2.75. The summed E-state index contributed by atoms with van der Waals surface area (Å²) in [5.74, 6) is -0.402. The van der Waals surface area contributed by atoms with Crippen molar-refractivity contribution in [1.29, 1.82) is 0 Å². The molecule has 2 rings (SSSR count). The Bertz CT molecular complexity index is 663. The number of rotatable bonds is 5. The van der Waals surface area contributed by atoms with Crippen LogP contribution in [0.4, 0.5) is 0 Å². The molecule has 122 valence electrons. The molecule has 1 atom stereocenters. The molecule has 1 amide bonds. The molecule has 0 bridgehead atoms. The average molecular weight is 347 g/mol. The van der Waals surface area contributed by atoms with Crippen LogP contribution >= 0.6 is 11.6 Å². The largest absolute Gasteiger partial charge is 0.482 e. The topological polar surface area (TPSA) is 89.7 Å². The molecule has 0 aromatic heterocycles. The Labute approximate surface area is 135 Å². The van der Waals surface area contributed by atoms with E-state index in [2.05, 4.69) is 0 Å². The van der Waals surface area contributed by atoms with Crippen LogP contribution < -0.4 is 10.5 Å². The molecule has 0 spiro atoms. The molecule has 0 saturated carbocycles. The summed E-state index contributed by atoms with van der Waals surface area (Å²) in [5, 5.41) is 0.131. The van der Waals surface area contributed by atoms with Crippen molar-refractivity contribution >= 4 is 27.5 Å². The zero-order valence-corrected chi connectivity index (χ0v) is 13.9. The van der Waals surface area contributed by atoms with E-state index in [1.54, 1.807) is 0 Å². The molecule has 2 N–H and O–H groups in total. The van der Waals surface area contributed by atoms with Gasteiger partial charge in [0.2, 0.25) is 10.0 Å². The van der Waals surface area contributed by atoms with Gasteiger partial charge in [-0.1, -0.05) is 18.0 Å². The third kappa shape index (κ3) is 3.71. The van der Waals surface area contributed by atoms with Crippen LogP contribution in [0.5, 0.6) is 5.75 Å². The number of hydrogen-bond acceptors (Lipinski definition) is 4. The van der Waals surface area contributed by atoms with Gasteiger partial charge in [0.1, 0.15) is 5.75 Å². The minimum absolute atomic E-state index is 0.0247. The number of carbonyl (C=O) groups is 1. The van der Waals surface area contributed by atoms with E-state index in [0.717, 1.165) is 19.3 Å². The molecule has 0 radical (unpaired) electrons. The van der Waals surface area contributed by atoms with Gasteiger partial charge in [-0.2, -0.15) is 4.31 Å². The number of amides is 1. The van der Waals surface area contributed by atoms with Gasteiger partial charge in [-0.05, 0) is 38.0 Å². The number of halogens is 1. The Morgan fingerprint density at radius 1 is 1.45 bits per heavy atom. The summed E-state index contributed by atoms with van der Waals surface area (Å²) >= 11 is 6.03. The van der Waals surface area contributed by atoms with Gasteiger partial charge in [0, 0.05) is 12.6 Å². The molecule has 1 unspecified atom stereocenters. The first-order valence-electron chi connectivity index (χ1n) is 7.05. The van der Waals surface area contributed by atoms with E-state index < -0.39 is 15.9 Å². The second-order valence-corrected chi connectivity index (χ2v) is 7.61. The van der Waals surface area contributed by atoms with Gasteiger partial charge in [-0.3, -0.25) is 4.79 Å².